The summed E-state index contributed by atoms with van der Waals surface area (Å²) in [7, 11) is 0.0108. The highest BCUT2D eigenvalue weighted by atomic mass is 35.7. The SMILES string of the molecule is O=C(O)CPCl. The Bertz CT molecular complexity index is 55.5. The maximum Gasteiger partial charge on any atom is 0.308 e. The van der Waals surface area contributed by atoms with E-state index in [0.717, 1.165) is 0 Å². The Labute approximate surface area is 42.1 Å². The van der Waals surface area contributed by atoms with Crippen LogP contribution in [0.3, 0.4) is 0 Å². The third-order valence-corrected chi connectivity index (χ3v) is 1.06. The van der Waals surface area contributed by atoms with Gasteiger partial charge in [-0.1, -0.05) is 11.2 Å². The predicted molar refractivity (Wildman–Crippen MR) is 26.7 cm³/mol. The number of carboxylic acid groups (broad SMARTS) is 1. The summed E-state index contributed by atoms with van der Waals surface area (Å²) >= 11 is 5.04. The number of halogens is 1. The van der Waals surface area contributed by atoms with E-state index >= 15 is 0 Å². The number of rotatable bonds is 2. The highest BCUT2D eigenvalue weighted by molar-refractivity contribution is 7.69. The molecule has 0 rings (SSSR count). The molecule has 36 valence electrons. The Kier molecular flexibility index (Phi) is 3.49. The standard InChI is InChI=1S/C2H4ClO2P/c3-6-1-2(4)5/h6H,1H2,(H,4,5). The van der Waals surface area contributed by atoms with Crippen LogP contribution in [-0.2, 0) is 4.79 Å². The fraction of sp³-hybridized carbons (Fsp3) is 0.500. The lowest BCUT2D eigenvalue weighted by molar-refractivity contribution is -0.133. The van der Waals surface area contributed by atoms with Crippen molar-refractivity contribution in [1.29, 1.82) is 0 Å². The van der Waals surface area contributed by atoms with E-state index in [0.29, 0.717) is 0 Å². The molecule has 0 aromatic rings. The van der Waals surface area contributed by atoms with Crippen molar-refractivity contribution in [3.05, 3.63) is 0 Å². The van der Waals surface area contributed by atoms with Gasteiger partial charge < -0.3 is 5.11 Å². The lowest BCUT2D eigenvalue weighted by Crippen LogP contribution is -1.93. The van der Waals surface area contributed by atoms with Crippen LogP contribution in [0.5, 0.6) is 0 Å². The molecule has 6 heavy (non-hydrogen) atoms. The second-order valence-corrected chi connectivity index (χ2v) is 2.13. The fourth-order valence-electron chi connectivity index (χ4n) is 0.0572. The zero-order valence-corrected chi connectivity index (χ0v) is 4.70. The van der Waals surface area contributed by atoms with E-state index in [-0.39, 0.29) is 14.1 Å². The zero-order valence-electron chi connectivity index (χ0n) is 2.94. The van der Waals surface area contributed by atoms with Crippen LogP contribution >= 0.6 is 19.2 Å². The number of carboxylic acids is 1. The number of hydrogen-bond donors (Lipinski definition) is 1. The van der Waals surface area contributed by atoms with Crippen molar-refractivity contribution in [2.45, 2.75) is 0 Å². The van der Waals surface area contributed by atoms with Gasteiger partial charge in [-0.3, -0.25) is 4.79 Å². The average molecular weight is 126 g/mol. The summed E-state index contributed by atoms with van der Waals surface area (Å²) < 4.78 is 0. The number of aliphatic carboxylic acids is 1. The number of hydrogen-bond acceptors (Lipinski definition) is 1. The molecule has 0 bridgehead atoms. The Morgan fingerprint density at radius 2 is 2.50 bits per heavy atom. The van der Waals surface area contributed by atoms with Gasteiger partial charge in [-0.15, -0.1) is 0 Å². The highest BCUT2D eigenvalue weighted by Crippen LogP contribution is 2.13. The first-order valence-electron chi connectivity index (χ1n) is 1.32. The molecule has 2 nitrogen and oxygen atoms in total. The van der Waals surface area contributed by atoms with Gasteiger partial charge in [-0.25, -0.2) is 0 Å². The molecule has 0 heterocycles. The Morgan fingerprint density at radius 3 is 2.50 bits per heavy atom. The van der Waals surface area contributed by atoms with Crippen LogP contribution in [0.4, 0.5) is 0 Å². The molecule has 0 spiro atoms. The Balaban J connectivity index is 2.83. The smallest absolute Gasteiger partial charge is 0.308 e. The molecule has 0 aromatic heterocycles. The van der Waals surface area contributed by atoms with E-state index in [2.05, 4.69) is 0 Å². The van der Waals surface area contributed by atoms with E-state index in [4.69, 9.17) is 16.3 Å². The van der Waals surface area contributed by atoms with E-state index in [1.165, 1.54) is 0 Å². The molecular formula is C2H4ClO2P. The summed E-state index contributed by atoms with van der Waals surface area (Å²) in [6.07, 6.45) is 0.0849. The van der Waals surface area contributed by atoms with Crippen molar-refractivity contribution < 1.29 is 9.90 Å². The van der Waals surface area contributed by atoms with Crippen molar-refractivity contribution in [2.24, 2.45) is 0 Å². The molecule has 0 aromatic carbocycles. The minimum atomic E-state index is -0.830. The van der Waals surface area contributed by atoms with Crippen LogP contribution in [0, 0.1) is 0 Å². The van der Waals surface area contributed by atoms with Gasteiger partial charge in [0, 0.05) is 0 Å². The monoisotopic (exact) mass is 126 g/mol. The first-order valence-corrected chi connectivity index (χ1v) is 3.54. The summed E-state index contributed by atoms with van der Waals surface area (Å²) in [5, 5.41) is 7.84. The topological polar surface area (TPSA) is 37.3 Å². The van der Waals surface area contributed by atoms with Crippen LogP contribution in [0.15, 0.2) is 0 Å². The molecule has 0 radical (unpaired) electrons. The first-order chi connectivity index (χ1) is 2.77. The van der Waals surface area contributed by atoms with Crippen molar-refractivity contribution >= 4 is 25.1 Å². The highest BCUT2D eigenvalue weighted by Gasteiger charge is 1.89. The van der Waals surface area contributed by atoms with Gasteiger partial charge in [0.2, 0.25) is 0 Å². The van der Waals surface area contributed by atoms with Crippen molar-refractivity contribution in [3.8, 4) is 0 Å². The van der Waals surface area contributed by atoms with Crippen molar-refractivity contribution in [3.63, 3.8) is 0 Å². The third-order valence-electron chi connectivity index (χ3n) is 0.218. The van der Waals surface area contributed by atoms with Gasteiger partial charge in [0.25, 0.3) is 0 Å². The summed E-state index contributed by atoms with van der Waals surface area (Å²) in [6.45, 7) is 0. The van der Waals surface area contributed by atoms with Crippen molar-refractivity contribution in [2.75, 3.05) is 6.16 Å². The summed E-state index contributed by atoms with van der Waals surface area (Å²) in [5.74, 6) is -0.830. The lowest BCUT2D eigenvalue weighted by Gasteiger charge is -1.78. The zero-order chi connectivity index (χ0) is 4.99. The molecule has 0 saturated heterocycles. The molecule has 0 amide bonds. The molecule has 4 heteroatoms. The molecule has 0 saturated carbocycles. The molecular weight excluding hydrogens is 122 g/mol. The molecule has 0 aliphatic heterocycles. The van der Waals surface area contributed by atoms with Crippen LogP contribution in [0.1, 0.15) is 0 Å². The second-order valence-electron chi connectivity index (χ2n) is 0.704. The van der Waals surface area contributed by atoms with Crippen LogP contribution in [0.2, 0.25) is 0 Å². The number of carbonyl (C=O) groups is 1. The van der Waals surface area contributed by atoms with Gasteiger partial charge in [0.15, 0.2) is 0 Å². The molecule has 1 atom stereocenters. The van der Waals surface area contributed by atoms with Gasteiger partial charge >= 0.3 is 5.97 Å². The molecule has 0 aliphatic rings. The van der Waals surface area contributed by atoms with Crippen molar-refractivity contribution in [1.82, 2.24) is 0 Å². The van der Waals surface area contributed by atoms with Gasteiger partial charge in [-0.2, -0.15) is 0 Å². The van der Waals surface area contributed by atoms with Gasteiger partial charge in [0.1, 0.15) is 0 Å². The molecule has 0 fully saturated rings. The maximum atomic E-state index is 9.52. The summed E-state index contributed by atoms with van der Waals surface area (Å²) in [4.78, 5) is 9.52. The minimum Gasteiger partial charge on any atom is -0.481 e. The van der Waals surface area contributed by atoms with Crippen LogP contribution < -0.4 is 0 Å². The summed E-state index contributed by atoms with van der Waals surface area (Å²) in [5.41, 5.74) is 0. The average Bonchev–Trinajstić information content (AvgIpc) is 1.35. The lowest BCUT2D eigenvalue weighted by atomic mass is 10.8. The Hall–Kier alpha value is 0.190. The van der Waals surface area contributed by atoms with Crippen LogP contribution in [0.25, 0.3) is 0 Å². The van der Waals surface area contributed by atoms with E-state index < -0.39 is 5.97 Å². The van der Waals surface area contributed by atoms with E-state index in [1.807, 2.05) is 0 Å². The second kappa shape index (κ2) is 3.38. The van der Waals surface area contributed by atoms with E-state index in [9.17, 15) is 4.79 Å². The summed E-state index contributed by atoms with van der Waals surface area (Å²) in [6, 6.07) is 0. The van der Waals surface area contributed by atoms with E-state index in [1.54, 1.807) is 0 Å². The predicted octanol–water partition coefficient (Wildman–Crippen LogP) is 0.903. The van der Waals surface area contributed by atoms with Crippen LogP contribution in [-0.4, -0.2) is 17.2 Å². The largest absolute Gasteiger partial charge is 0.481 e. The minimum absolute atomic E-state index is 0.0108. The molecule has 1 N–H and O–H groups in total. The first kappa shape index (κ1) is 6.19. The van der Waals surface area contributed by atoms with Gasteiger partial charge in [0.05, 0.1) is 6.16 Å². The molecule has 1 unspecified atom stereocenters. The third kappa shape index (κ3) is 4.19. The molecule has 0 aliphatic carbocycles. The fourth-order valence-corrected chi connectivity index (χ4v) is 0.514. The quantitative estimate of drug-likeness (QED) is 0.559. The Morgan fingerprint density at radius 1 is 2.00 bits per heavy atom. The van der Waals surface area contributed by atoms with Gasteiger partial charge in [-0.05, 0) is 7.93 Å². The maximum absolute atomic E-state index is 9.52. The normalized spacial score (nSPS) is 10.2.